The van der Waals surface area contributed by atoms with Crippen molar-refractivity contribution in [1.82, 2.24) is 5.32 Å². The van der Waals surface area contributed by atoms with Gasteiger partial charge in [-0.15, -0.1) is 0 Å². The molecule has 0 bridgehead atoms. The summed E-state index contributed by atoms with van der Waals surface area (Å²) in [6.45, 7) is 6.55. The summed E-state index contributed by atoms with van der Waals surface area (Å²) < 4.78 is 5.96. The van der Waals surface area contributed by atoms with E-state index < -0.39 is 0 Å². The van der Waals surface area contributed by atoms with Crippen LogP contribution in [0.4, 0.5) is 0 Å². The zero-order valence-electron chi connectivity index (χ0n) is 10.3. The lowest BCUT2D eigenvalue weighted by Crippen LogP contribution is -2.46. The molecule has 0 radical (unpaired) electrons. The second-order valence-electron chi connectivity index (χ2n) is 4.38. The van der Waals surface area contributed by atoms with Crippen LogP contribution in [0, 0.1) is 0 Å². The van der Waals surface area contributed by atoms with Crippen LogP contribution in [-0.2, 0) is 4.74 Å². The SMILES string of the molecule is CCC1(CC)CC(NCCSC)CCO1. The van der Waals surface area contributed by atoms with Gasteiger partial charge in [-0.05, 0) is 31.9 Å². The van der Waals surface area contributed by atoms with Gasteiger partial charge in [-0.25, -0.2) is 0 Å². The summed E-state index contributed by atoms with van der Waals surface area (Å²) in [6, 6.07) is 0.672. The Labute approximate surface area is 98.5 Å². The van der Waals surface area contributed by atoms with E-state index in [9.17, 15) is 0 Å². The monoisotopic (exact) mass is 231 g/mol. The van der Waals surface area contributed by atoms with Gasteiger partial charge in [-0.2, -0.15) is 11.8 Å². The van der Waals surface area contributed by atoms with Crippen LogP contribution < -0.4 is 5.32 Å². The van der Waals surface area contributed by atoms with Crippen molar-refractivity contribution in [2.75, 3.05) is 25.2 Å². The lowest BCUT2D eigenvalue weighted by atomic mass is 9.86. The Morgan fingerprint density at radius 1 is 1.40 bits per heavy atom. The largest absolute Gasteiger partial charge is 0.375 e. The highest BCUT2D eigenvalue weighted by Gasteiger charge is 2.33. The Balaban J connectivity index is 2.34. The Morgan fingerprint density at radius 3 is 2.73 bits per heavy atom. The zero-order valence-corrected chi connectivity index (χ0v) is 11.2. The van der Waals surface area contributed by atoms with Crippen molar-refractivity contribution in [2.24, 2.45) is 0 Å². The van der Waals surface area contributed by atoms with E-state index in [0.29, 0.717) is 6.04 Å². The van der Waals surface area contributed by atoms with Crippen LogP contribution in [0.2, 0.25) is 0 Å². The maximum atomic E-state index is 5.96. The molecule has 1 heterocycles. The van der Waals surface area contributed by atoms with Crippen LogP contribution in [0.25, 0.3) is 0 Å². The van der Waals surface area contributed by atoms with E-state index >= 15 is 0 Å². The van der Waals surface area contributed by atoms with E-state index in [4.69, 9.17) is 4.74 Å². The van der Waals surface area contributed by atoms with Crippen LogP contribution >= 0.6 is 11.8 Å². The van der Waals surface area contributed by atoms with Crippen LogP contribution in [-0.4, -0.2) is 36.8 Å². The van der Waals surface area contributed by atoms with E-state index in [1.807, 2.05) is 11.8 Å². The minimum Gasteiger partial charge on any atom is -0.375 e. The van der Waals surface area contributed by atoms with Crippen molar-refractivity contribution in [1.29, 1.82) is 0 Å². The number of nitrogens with one attached hydrogen (secondary N) is 1. The molecule has 1 unspecified atom stereocenters. The van der Waals surface area contributed by atoms with E-state index in [1.54, 1.807) is 0 Å². The lowest BCUT2D eigenvalue weighted by Gasteiger charge is -2.40. The van der Waals surface area contributed by atoms with Crippen molar-refractivity contribution >= 4 is 11.8 Å². The van der Waals surface area contributed by atoms with Gasteiger partial charge in [0.05, 0.1) is 5.60 Å². The number of rotatable bonds is 6. The highest BCUT2D eigenvalue weighted by Crippen LogP contribution is 2.31. The molecule has 0 aromatic rings. The predicted molar refractivity (Wildman–Crippen MR) is 68.7 cm³/mol. The summed E-state index contributed by atoms with van der Waals surface area (Å²) in [5.74, 6) is 1.21. The van der Waals surface area contributed by atoms with Crippen LogP contribution in [0.5, 0.6) is 0 Å². The molecule has 0 spiro atoms. The molecular weight excluding hydrogens is 206 g/mol. The molecule has 2 nitrogen and oxygen atoms in total. The molecule has 1 saturated heterocycles. The summed E-state index contributed by atoms with van der Waals surface area (Å²) in [7, 11) is 0. The van der Waals surface area contributed by atoms with Crippen LogP contribution in [0.15, 0.2) is 0 Å². The van der Waals surface area contributed by atoms with Gasteiger partial charge < -0.3 is 10.1 Å². The Hall–Kier alpha value is 0.270. The normalized spacial score (nSPS) is 25.4. The van der Waals surface area contributed by atoms with Gasteiger partial charge in [-0.1, -0.05) is 13.8 Å². The summed E-state index contributed by atoms with van der Waals surface area (Å²) >= 11 is 1.91. The highest BCUT2D eigenvalue weighted by atomic mass is 32.2. The topological polar surface area (TPSA) is 21.3 Å². The van der Waals surface area contributed by atoms with Gasteiger partial charge in [-0.3, -0.25) is 0 Å². The molecule has 3 heteroatoms. The summed E-state index contributed by atoms with van der Waals surface area (Å²) in [5, 5.41) is 3.65. The molecule has 0 aromatic carbocycles. The Kier molecular flexibility index (Phi) is 6.02. The molecule has 1 rings (SSSR count). The van der Waals surface area contributed by atoms with Gasteiger partial charge in [0, 0.05) is 24.9 Å². The Morgan fingerprint density at radius 2 is 2.13 bits per heavy atom. The van der Waals surface area contributed by atoms with E-state index in [1.165, 1.54) is 18.6 Å². The third kappa shape index (κ3) is 3.97. The van der Waals surface area contributed by atoms with Gasteiger partial charge in [0.25, 0.3) is 0 Å². The van der Waals surface area contributed by atoms with Crippen LogP contribution in [0.1, 0.15) is 39.5 Å². The zero-order chi connectivity index (χ0) is 11.1. The fraction of sp³-hybridized carbons (Fsp3) is 1.00. The fourth-order valence-corrected chi connectivity index (χ4v) is 2.63. The summed E-state index contributed by atoms with van der Waals surface area (Å²) in [4.78, 5) is 0. The van der Waals surface area contributed by atoms with Crippen molar-refractivity contribution in [3.05, 3.63) is 0 Å². The number of hydrogen-bond donors (Lipinski definition) is 1. The maximum Gasteiger partial charge on any atom is 0.0692 e. The summed E-state index contributed by atoms with van der Waals surface area (Å²) in [5.41, 5.74) is 0.162. The standard InChI is InChI=1S/C12H25NOS/c1-4-12(5-2)10-11(6-8-14-12)13-7-9-15-3/h11,13H,4-10H2,1-3H3. The molecule has 90 valence electrons. The molecule has 1 atom stereocenters. The molecular formula is C12H25NOS. The summed E-state index contributed by atoms with van der Waals surface area (Å²) in [6.07, 6.45) is 6.81. The minimum absolute atomic E-state index is 0.162. The molecule has 0 amide bonds. The van der Waals surface area contributed by atoms with Crippen molar-refractivity contribution in [3.8, 4) is 0 Å². The average Bonchev–Trinajstić information content (AvgIpc) is 2.30. The number of hydrogen-bond acceptors (Lipinski definition) is 3. The fourth-order valence-electron chi connectivity index (χ4n) is 2.31. The van der Waals surface area contributed by atoms with E-state index in [-0.39, 0.29) is 5.60 Å². The minimum atomic E-state index is 0.162. The first-order valence-corrected chi connectivity index (χ1v) is 7.52. The average molecular weight is 231 g/mol. The maximum absolute atomic E-state index is 5.96. The first kappa shape index (κ1) is 13.3. The smallest absolute Gasteiger partial charge is 0.0692 e. The van der Waals surface area contributed by atoms with Gasteiger partial charge in [0.15, 0.2) is 0 Å². The van der Waals surface area contributed by atoms with Crippen molar-refractivity contribution < 1.29 is 4.74 Å². The first-order chi connectivity index (χ1) is 7.26. The van der Waals surface area contributed by atoms with Gasteiger partial charge >= 0.3 is 0 Å². The number of thioether (sulfide) groups is 1. The number of ether oxygens (including phenoxy) is 1. The Bertz CT molecular complexity index is 171. The molecule has 0 aliphatic carbocycles. The quantitative estimate of drug-likeness (QED) is 0.710. The van der Waals surface area contributed by atoms with E-state index in [2.05, 4.69) is 25.4 Å². The van der Waals surface area contributed by atoms with Gasteiger partial charge in [0.1, 0.15) is 0 Å². The predicted octanol–water partition coefficient (Wildman–Crippen LogP) is 2.68. The molecule has 1 N–H and O–H groups in total. The highest BCUT2D eigenvalue weighted by molar-refractivity contribution is 7.98. The molecule has 0 saturated carbocycles. The molecule has 1 fully saturated rings. The van der Waals surface area contributed by atoms with Crippen molar-refractivity contribution in [2.45, 2.75) is 51.2 Å². The second kappa shape index (κ2) is 6.77. The molecule has 1 aliphatic rings. The first-order valence-electron chi connectivity index (χ1n) is 6.12. The molecule has 15 heavy (non-hydrogen) atoms. The molecule has 0 aromatic heterocycles. The third-order valence-electron chi connectivity index (χ3n) is 3.52. The van der Waals surface area contributed by atoms with Gasteiger partial charge in [0.2, 0.25) is 0 Å². The van der Waals surface area contributed by atoms with E-state index in [0.717, 1.165) is 26.0 Å². The third-order valence-corrected chi connectivity index (χ3v) is 4.13. The van der Waals surface area contributed by atoms with Crippen LogP contribution in [0.3, 0.4) is 0 Å². The second-order valence-corrected chi connectivity index (χ2v) is 5.36. The lowest BCUT2D eigenvalue weighted by molar-refractivity contribution is -0.0927. The molecule has 1 aliphatic heterocycles. The van der Waals surface area contributed by atoms with Crippen molar-refractivity contribution in [3.63, 3.8) is 0 Å².